The summed E-state index contributed by atoms with van der Waals surface area (Å²) >= 11 is 0. The van der Waals surface area contributed by atoms with Crippen molar-refractivity contribution in [3.63, 3.8) is 0 Å². The van der Waals surface area contributed by atoms with Crippen LogP contribution in [0, 0.1) is 5.41 Å². The molecule has 13 heavy (non-hydrogen) atoms. The van der Waals surface area contributed by atoms with Gasteiger partial charge in [0.25, 0.3) is 0 Å². The van der Waals surface area contributed by atoms with Gasteiger partial charge in [0.15, 0.2) is 0 Å². The van der Waals surface area contributed by atoms with E-state index in [0.717, 1.165) is 0 Å². The fourth-order valence-electron chi connectivity index (χ4n) is 0.888. The molecule has 0 aliphatic heterocycles. The van der Waals surface area contributed by atoms with Gasteiger partial charge in [-0.1, -0.05) is 20.8 Å². The maximum absolute atomic E-state index is 5.13. The van der Waals surface area contributed by atoms with Crippen LogP contribution >= 0.6 is 0 Å². The van der Waals surface area contributed by atoms with E-state index in [0.29, 0.717) is 6.61 Å². The van der Waals surface area contributed by atoms with E-state index < -0.39 is 0 Å². The van der Waals surface area contributed by atoms with Gasteiger partial charge in [-0.2, -0.15) is 0 Å². The third kappa shape index (κ3) is 5.64. The molecule has 0 fully saturated rings. The largest absolute Gasteiger partial charge is 0.382 e. The van der Waals surface area contributed by atoms with Crippen molar-refractivity contribution in [3.8, 4) is 0 Å². The Kier molecular flexibility index (Phi) is 4.99. The van der Waals surface area contributed by atoms with E-state index in [1.165, 1.54) is 0 Å². The van der Waals surface area contributed by atoms with Gasteiger partial charge in [-0.25, -0.2) is 0 Å². The Morgan fingerprint density at radius 2 is 1.92 bits per heavy atom. The van der Waals surface area contributed by atoms with E-state index in [2.05, 4.69) is 25.8 Å². The summed E-state index contributed by atoms with van der Waals surface area (Å²) in [5, 5.41) is 0. The SMILES string of the molecule is COC[C@@H](N=CN(C)C)C(C)(C)C. The van der Waals surface area contributed by atoms with Crippen LogP contribution in [0.4, 0.5) is 0 Å². The van der Waals surface area contributed by atoms with Gasteiger partial charge in [0, 0.05) is 21.2 Å². The first kappa shape index (κ1) is 12.4. The molecule has 0 aliphatic carbocycles. The molecule has 0 heterocycles. The van der Waals surface area contributed by atoms with Crippen molar-refractivity contribution in [1.29, 1.82) is 0 Å². The zero-order valence-electron chi connectivity index (χ0n) is 9.66. The van der Waals surface area contributed by atoms with Crippen LogP contribution in [0.2, 0.25) is 0 Å². The van der Waals surface area contributed by atoms with E-state index in [1.54, 1.807) is 7.11 Å². The van der Waals surface area contributed by atoms with Crippen molar-refractivity contribution in [2.45, 2.75) is 26.8 Å². The number of methoxy groups -OCH3 is 1. The number of nitrogens with zero attached hydrogens (tertiary/aromatic N) is 2. The van der Waals surface area contributed by atoms with Crippen LogP contribution in [0.15, 0.2) is 4.99 Å². The normalized spacial score (nSPS) is 14.9. The smallest absolute Gasteiger partial charge is 0.0849 e. The lowest BCUT2D eigenvalue weighted by atomic mass is 9.88. The number of aliphatic imine (C=N–C) groups is 1. The van der Waals surface area contributed by atoms with Gasteiger partial charge in [-0.3, -0.25) is 4.99 Å². The maximum Gasteiger partial charge on any atom is 0.0849 e. The Labute approximate surface area is 81.8 Å². The summed E-state index contributed by atoms with van der Waals surface area (Å²) in [5.74, 6) is 0. The van der Waals surface area contributed by atoms with Gasteiger partial charge in [-0.15, -0.1) is 0 Å². The molecule has 0 aromatic carbocycles. The fourth-order valence-corrected chi connectivity index (χ4v) is 0.888. The first-order valence-corrected chi connectivity index (χ1v) is 4.56. The molecule has 0 aromatic heterocycles. The van der Waals surface area contributed by atoms with Crippen LogP contribution in [-0.4, -0.2) is 45.1 Å². The number of hydrogen-bond acceptors (Lipinski definition) is 2. The van der Waals surface area contributed by atoms with Gasteiger partial charge in [-0.05, 0) is 5.41 Å². The molecule has 78 valence electrons. The predicted molar refractivity (Wildman–Crippen MR) is 57.3 cm³/mol. The molecule has 0 amide bonds. The predicted octanol–water partition coefficient (Wildman–Crippen LogP) is 1.64. The monoisotopic (exact) mass is 186 g/mol. The average molecular weight is 186 g/mol. The summed E-state index contributed by atoms with van der Waals surface area (Å²) < 4.78 is 5.13. The Hall–Kier alpha value is -0.570. The minimum atomic E-state index is 0.155. The van der Waals surface area contributed by atoms with Crippen molar-refractivity contribution in [3.05, 3.63) is 0 Å². The summed E-state index contributed by atoms with van der Waals surface area (Å²) in [5.41, 5.74) is 0.155. The molecule has 0 rings (SSSR count). The van der Waals surface area contributed by atoms with E-state index >= 15 is 0 Å². The molecule has 0 bridgehead atoms. The lowest BCUT2D eigenvalue weighted by Gasteiger charge is -2.26. The van der Waals surface area contributed by atoms with Crippen LogP contribution < -0.4 is 0 Å². The van der Waals surface area contributed by atoms with Crippen molar-refractivity contribution in [2.75, 3.05) is 27.8 Å². The van der Waals surface area contributed by atoms with Crippen LogP contribution in [0.25, 0.3) is 0 Å². The Balaban J connectivity index is 4.26. The van der Waals surface area contributed by atoms with E-state index in [-0.39, 0.29) is 11.5 Å². The topological polar surface area (TPSA) is 24.8 Å². The van der Waals surface area contributed by atoms with Crippen LogP contribution in [-0.2, 0) is 4.74 Å². The number of rotatable bonds is 4. The van der Waals surface area contributed by atoms with Crippen molar-refractivity contribution in [2.24, 2.45) is 10.4 Å². The molecular weight excluding hydrogens is 164 g/mol. The Bertz CT molecular complexity index is 159. The van der Waals surface area contributed by atoms with Gasteiger partial charge < -0.3 is 9.64 Å². The zero-order chi connectivity index (χ0) is 10.5. The molecule has 0 unspecified atom stereocenters. The molecule has 3 heteroatoms. The third-order valence-corrected chi connectivity index (χ3v) is 1.80. The highest BCUT2D eigenvalue weighted by molar-refractivity contribution is 5.54. The quantitative estimate of drug-likeness (QED) is 0.492. The van der Waals surface area contributed by atoms with Crippen LogP contribution in [0.5, 0.6) is 0 Å². The first-order chi connectivity index (χ1) is 5.88. The zero-order valence-corrected chi connectivity index (χ0v) is 9.66. The first-order valence-electron chi connectivity index (χ1n) is 4.56. The molecule has 1 atom stereocenters. The highest BCUT2D eigenvalue weighted by Gasteiger charge is 2.23. The van der Waals surface area contributed by atoms with E-state index in [1.807, 2.05) is 25.3 Å². The Morgan fingerprint density at radius 1 is 1.38 bits per heavy atom. The highest BCUT2D eigenvalue weighted by atomic mass is 16.5. The fraction of sp³-hybridized carbons (Fsp3) is 0.900. The summed E-state index contributed by atoms with van der Waals surface area (Å²) in [6.07, 6.45) is 1.84. The summed E-state index contributed by atoms with van der Waals surface area (Å²) in [6.45, 7) is 7.19. The minimum absolute atomic E-state index is 0.155. The van der Waals surface area contributed by atoms with Crippen molar-refractivity contribution < 1.29 is 4.74 Å². The number of ether oxygens (including phenoxy) is 1. The lowest BCUT2D eigenvalue weighted by molar-refractivity contribution is 0.136. The van der Waals surface area contributed by atoms with E-state index in [9.17, 15) is 0 Å². The molecule has 0 spiro atoms. The average Bonchev–Trinajstić information content (AvgIpc) is 1.95. The second-order valence-electron chi connectivity index (χ2n) is 4.57. The van der Waals surface area contributed by atoms with Crippen molar-refractivity contribution >= 4 is 6.34 Å². The summed E-state index contributed by atoms with van der Waals surface area (Å²) in [7, 11) is 5.65. The van der Waals surface area contributed by atoms with E-state index in [4.69, 9.17) is 4.74 Å². The second-order valence-corrected chi connectivity index (χ2v) is 4.57. The standard InChI is InChI=1S/C10H22N2O/c1-10(2,3)9(7-13-6)11-8-12(4)5/h8-9H,7H2,1-6H3/t9-/m1/s1. The van der Waals surface area contributed by atoms with Gasteiger partial charge in [0.2, 0.25) is 0 Å². The third-order valence-electron chi connectivity index (χ3n) is 1.80. The molecule has 0 saturated carbocycles. The maximum atomic E-state index is 5.13. The van der Waals surface area contributed by atoms with Gasteiger partial charge in [0.1, 0.15) is 0 Å². The molecule has 0 radical (unpaired) electrons. The van der Waals surface area contributed by atoms with Crippen LogP contribution in [0.3, 0.4) is 0 Å². The molecule has 3 nitrogen and oxygen atoms in total. The highest BCUT2D eigenvalue weighted by Crippen LogP contribution is 2.22. The molecule has 0 saturated heterocycles. The summed E-state index contributed by atoms with van der Waals surface area (Å²) in [6, 6.07) is 0.222. The Morgan fingerprint density at radius 3 is 2.23 bits per heavy atom. The van der Waals surface area contributed by atoms with Gasteiger partial charge >= 0.3 is 0 Å². The molecule has 0 aliphatic rings. The molecule has 0 aromatic rings. The second kappa shape index (κ2) is 5.22. The lowest BCUT2D eigenvalue weighted by Crippen LogP contribution is -2.30. The van der Waals surface area contributed by atoms with Crippen LogP contribution in [0.1, 0.15) is 20.8 Å². The molecular formula is C10H22N2O. The van der Waals surface area contributed by atoms with Crippen molar-refractivity contribution in [1.82, 2.24) is 4.90 Å². The van der Waals surface area contributed by atoms with Gasteiger partial charge in [0.05, 0.1) is 19.0 Å². The number of hydrogen-bond donors (Lipinski definition) is 0. The minimum Gasteiger partial charge on any atom is -0.382 e. The molecule has 0 N–H and O–H groups in total. The summed E-state index contributed by atoms with van der Waals surface area (Å²) in [4.78, 5) is 6.40.